The fraction of sp³-hybridized carbons (Fsp3) is 0.600. The molecule has 0 spiro atoms. The van der Waals surface area contributed by atoms with Gasteiger partial charge in [-0.05, 0) is 19.8 Å². The Morgan fingerprint density at radius 1 is 1.75 bits per heavy atom. The number of carbonyl (C=O) groups is 1. The smallest absolute Gasteiger partial charge is 0.254 e. The molecule has 6 heteroatoms. The molecule has 1 aliphatic heterocycles. The molecule has 16 heavy (non-hydrogen) atoms. The normalized spacial score (nSPS) is 24.6. The highest BCUT2D eigenvalue weighted by Gasteiger charge is 2.30. The van der Waals surface area contributed by atoms with E-state index in [1.807, 2.05) is 6.92 Å². The van der Waals surface area contributed by atoms with Crippen molar-refractivity contribution in [1.82, 2.24) is 10.2 Å². The van der Waals surface area contributed by atoms with Gasteiger partial charge in [-0.3, -0.25) is 9.89 Å². The van der Waals surface area contributed by atoms with Gasteiger partial charge in [0.15, 0.2) is 0 Å². The van der Waals surface area contributed by atoms with Crippen molar-refractivity contribution in [3.8, 4) is 0 Å². The molecule has 0 saturated carbocycles. The first kappa shape index (κ1) is 11.1. The summed E-state index contributed by atoms with van der Waals surface area (Å²) in [5.41, 5.74) is 6.39. The summed E-state index contributed by atoms with van der Waals surface area (Å²) in [6, 6.07) is 0. The second-order valence-corrected chi connectivity index (χ2v) is 3.98. The molecule has 88 valence electrons. The Balaban J connectivity index is 1.92. The van der Waals surface area contributed by atoms with Crippen LogP contribution in [0.1, 0.15) is 18.4 Å². The van der Waals surface area contributed by atoms with Gasteiger partial charge in [-0.25, -0.2) is 0 Å². The van der Waals surface area contributed by atoms with Gasteiger partial charge in [-0.15, -0.1) is 0 Å². The first-order valence-electron chi connectivity index (χ1n) is 5.37. The highest BCUT2D eigenvalue weighted by molar-refractivity contribution is 5.94. The molecule has 4 N–H and O–H groups in total. The van der Waals surface area contributed by atoms with Crippen molar-refractivity contribution in [3.63, 3.8) is 0 Å². The maximum atomic E-state index is 11.8. The van der Waals surface area contributed by atoms with Gasteiger partial charge in [0.25, 0.3) is 5.91 Å². The molecule has 0 aliphatic carbocycles. The van der Waals surface area contributed by atoms with Crippen LogP contribution in [0.25, 0.3) is 0 Å². The van der Waals surface area contributed by atoms with E-state index in [4.69, 9.17) is 10.5 Å². The zero-order chi connectivity index (χ0) is 11.5. The van der Waals surface area contributed by atoms with E-state index in [2.05, 4.69) is 15.5 Å². The Bertz CT molecular complexity index is 377. The summed E-state index contributed by atoms with van der Waals surface area (Å²) in [6.45, 7) is 2.34. The number of rotatable bonds is 3. The molecule has 0 bridgehead atoms. The molecule has 0 aromatic carbocycles. The Labute approximate surface area is 93.5 Å². The molecule has 1 amide bonds. The number of amides is 1. The SMILES string of the molecule is Cc1cn[nH]c1NC(=O)C1CCC(CN)O1. The number of aromatic amines is 1. The van der Waals surface area contributed by atoms with Crippen molar-refractivity contribution < 1.29 is 9.53 Å². The van der Waals surface area contributed by atoms with Gasteiger partial charge >= 0.3 is 0 Å². The van der Waals surface area contributed by atoms with Crippen molar-refractivity contribution >= 4 is 11.7 Å². The first-order chi connectivity index (χ1) is 7.70. The van der Waals surface area contributed by atoms with Crippen LogP contribution in [0.3, 0.4) is 0 Å². The van der Waals surface area contributed by atoms with E-state index >= 15 is 0 Å². The number of aryl methyl sites for hydroxylation is 1. The number of ether oxygens (including phenoxy) is 1. The molecule has 2 heterocycles. The lowest BCUT2D eigenvalue weighted by Gasteiger charge is -2.11. The summed E-state index contributed by atoms with van der Waals surface area (Å²) >= 11 is 0. The summed E-state index contributed by atoms with van der Waals surface area (Å²) in [5, 5.41) is 9.31. The number of aromatic nitrogens is 2. The molecule has 2 rings (SSSR count). The Morgan fingerprint density at radius 3 is 3.12 bits per heavy atom. The van der Waals surface area contributed by atoms with E-state index in [9.17, 15) is 4.79 Å². The van der Waals surface area contributed by atoms with Crippen LogP contribution in [-0.4, -0.2) is 34.9 Å². The highest BCUT2D eigenvalue weighted by atomic mass is 16.5. The molecule has 6 nitrogen and oxygen atoms in total. The standard InChI is InChI=1S/C10H16N4O2/c1-6-5-12-14-9(6)13-10(15)8-3-2-7(4-11)16-8/h5,7-8H,2-4,11H2,1H3,(H2,12,13,14,15). The number of hydrogen-bond donors (Lipinski definition) is 3. The summed E-state index contributed by atoms with van der Waals surface area (Å²) in [5.74, 6) is 0.494. The average molecular weight is 224 g/mol. The topological polar surface area (TPSA) is 93.0 Å². The third-order valence-electron chi connectivity index (χ3n) is 2.74. The monoisotopic (exact) mass is 224 g/mol. The number of nitrogens with one attached hydrogen (secondary N) is 2. The maximum absolute atomic E-state index is 11.8. The lowest BCUT2D eigenvalue weighted by molar-refractivity contribution is -0.126. The summed E-state index contributed by atoms with van der Waals surface area (Å²) in [4.78, 5) is 11.8. The number of carbonyl (C=O) groups excluding carboxylic acids is 1. The van der Waals surface area contributed by atoms with Gasteiger partial charge in [0, 0.05) is 12.1 Å². The predicted molar refractivity (Wildman–Crippen MR) is 58.9 cm³/mol. The van der Waals surface area contributed by atoms with Crippen LogP contribution in [0.2, 0.25) is 0 Å². The fourth-order valence-electron chi connectivity index (χ4n) is 1.75. The molecule has 1 aromatic rings. The number of nitrogens with zero attached hydrogens (tertiary/aromatic N) is 1. The van der Waals surface area contributed by atoms with Crippen LogP contribution in [0.5, 0.6) is 0 Å². The highest BCUT2D eigenvalue weighted by Crippen LogP contribution is 2.20. The van der Waals surface area contributed by atoms with Crippen molar-refractivity contribution in [2.24, 2.45) is 5.73 Å². The van der Waals surface area contributed by atoms with E-state index in [-0.39, 0.29) is 12.0 Å². The van der Waals surface area contributed by atoms with Crippen molar-refractivity contribution in [2.75, 3.05) is 11.9 Å². The van der Waals surface area contributed by atoms with Crippen LogP contribution in [0, 0.1) is 6.92 Å². The fourth-order valence-corrected chi connectivity index (χ4v) is 1.75. The minimum Gasteiger partial charge on any atom is -0.364 e. The van der Waals surface area contributed by atoms with E-state index in [0.29, 0.717) is 12.4 Å². The van der Waals surface area contributed by atoms with Gasteiger partial charge in [-0.1, -0.05) is 0 Å². The van der Waals surface area contributed by atoms with Gasteiger partial charge in [0.2, 0.25) is 0 Å². The summed E-state index contributed by atoms with van der Waals surface area (Å²) in [6.07, 6.45) is 2.85. The first-order valence-corrected chi connectivity index (χ1v) is 5.37. The number of anilines is 1. The zero-order valence-corrected chi connectivity index (χ0v) is 9.19. The summed E-state index contributed by atoms with van der Waals surface area (Å²) < 4.78 is 5.49. The number of H-pyrrole nitrogens is 1. The van der Waals surface area contributed by atoms with Crippen molar-refractivity contribution in [2.45, 2.75) is 32.0 Å². The molecular formula is C10H16N4O2. The van der Waals surface area contributed by atoms with E-state index in [1.165, 1.54) is 0 Å². The molecule has 1 saturated heterocycles. The predicted octanol–water partition coefficient (Wildman–Crippen LogP) is 0.163. The molecule has 2 unspecified atom stereocenters. The van der Waals surface area contributed by atoms with E-state index in [0.717, 1.165) is 18.4 Å². The second kappa shape index (κ2) is 4.63. The van der Waals surface area contributed by atoms with Gasteiger partial charge in [-0.2, -0.15) is 5.10 Å². The molecule has 1 aliphatic rings. The largest absolute Gasteiger partial charge is 0.364 e. The molecule has 2 atom stereocenters. The van der Waals surface area contributed by atoms with Crippen LogP contribution >= 0.6 is 0 Å². The third kappa shape index (κ3) is 2.23. The second-order valence-electron chi connectivity index (χ2n) is 3.98. The zero-order valence-electron chi connectivity index (χ0n) is 9.19. The minimum absolute atomic E-state index is 0.0126. The third-order valence-corrected chi connectivity index (χ3v) is 2.74. The van der Waals surface area contributed by atoms with Crippen LogP contribution in [0.4, 0.5) is 5.82 Å². The van der Waals surface area contributed by atoms with E-state index in [1.54, 1.807) is 6.20 Å². The molecular weight excluding hydrogens is 208 g/mol. The Hall–Kier alpha value is -1.40. The van der Waals surface area contributed by atoms with E-state index < -0.39 is 6.10 Å². The summed E-state index contributed by atoms with van der Waals surface area (Å²) in [7, 11) is 0. The van der Waals surface area contributed by atoms with Gasteiger partial charge < -0.3 is 15.8 Å². The lowest BCUT2D eigenvalue weighted by atomic mass is 10.2. The number of hydrogen-bond acceptors (Lipinski definition) is 4. The average Bonchev–Trinajstić information content (AvgIpc) is 2.88. The van der Waals surface area contributed by atoms with Crippen molar-refractivity contribution in [3.05, 3.63) is 11.8 Å². The van der Waals surface area contributed by atoms with Crippen LogP contribution in [0.15, 0.2) is 6.20 Å². The minimum atomic E-state index is -0.392. The van der Waals surface area contributed by atoms with Gasteiger partial charge in [0.05, 0.1) is 12.3 Å². The van der Waals surface area contributed by atoms with Crippen molar-refractivity contribution in [1.29, 1.82) is 0 Å². The number of nitrogens with two attached hydrogens (primary N) is 1. The lowest BCUT2D eigenvalue weighted by Crippen LogP contribution is -2.30. The van der Waals surface area contributed by atoms with Crippen LogP contribution < -0.4 is 11.1 Å². The van der Waals surface area contributed by atoms with Crippen LogP contribution in [-0.2, 0) is 9.53 Å². The Morgan fingerprint density at radius 2 is 2.56 bits per heavy atom. The molecule has 1 aromatic heterocycles. The quantitative estimate of drug-likeness (QED) is 0.682. The molecule has 0 radical (unpaired) electrons. The molecule has 1 fully saturated rings. The Kier molecular flexibility index (Phi) is 3.21. The van der Waals surface area contributed by atoms with Gasteiger partial charge in [0.1, 0.15) is 11.9 Å². The maximum Gasteiger partial charge on any atom is 0.254 e.